The average molecular weight is 568 g/mol. The zero-order valence-corrected chi connectivity index (χ0v) is 25.8. The van der Waals surface area contributed by atoms with Gasteiger partial charge in [0.1, 0.15) is 6.17 Å². The molecule has 0 saturated carbocycles. The fourth-order valence-electron chi connectivity index (χ4n) is 6.40. The van der Waals surface area contributed by atoms with E-state index in [0.717, 1.165) is 78.0 Å². The highest BCUT2D eigenvalue weighted by Crippen LogP contribution is 2.27. The number of alkyl halides is 1. The third-order valence-corrected chi connectivity index (χ3v) is 9.43. The predicted octanol–water partition coefficient (Wildman–Crippen LogP) is 1.93. The number of piperazine rings is 1. The zero-order valence-electron chi connectivity index (χ0n) is 25.8. The minimum Gasteiger partial charge on any atom is -0.381 e. The lowest BCUT2D eigenvalue weighted by atomic mass is 9.84. The van der Waals surface area contributed by atoms with Crippen LogP contribution in [0.3, 0.4) is 0 Å². The van der Waals surface area contributed by atoms with Crippen molar-refractivity contribution in [1.82, 2.24) is 25.8 Å². The first-order chi connectivity index (χ1) is 19.0. The number of carbonyl (C=O) groups is 1. The van der Waals surface area contributed by atoms with Crippen LogP contribution in [0, 0.1) is 11.3 Å². The molecular weight excluding hydrogens is 509 g/mol. The first kappa shape index (κ1) is 33.2. The lowest BCUT2D eigenvalue weighted by molar-refractivity contribution is -0.127. The Hall–Kier alpha value is -1.30. The van der Waals surface area contributed by atoms with E-state index in [9.17, 15) is 9.18 Å². The molecule has 0 spiro atoms. The maximum Gasteiger partial charge on any atom is 0.228 e. The summed E-state index contributed by atoms with van der Waals surface area (Å²) >= 11 is 0. The molecule has 7 N–H and O–H groups in total. The highest BCUT2D eigenvalue weighted by molar-refractivity contribution is 5.80. The molecule has 0 aromatic heterocycles. The third kappa shape index (κ3) is 9.63. The van der Waals surface area contributed by atoms with Crippen molar-refractivity contribution in [2.24, 2.45) is 22.8 Å². The summed E-state index contributed by atoms with van der Waals surface area (Å²) in [4.78, 5) is 18.6. The summed E-state index contributed by atoms with van der Waals surface area (Å²) in [6.07, 6.45) is 3.86. The molecule has 3 aliphatic rings. The molecule has 0 bridgehead atoms. The van der Waals surface area contributed by atoms with E-state index in [2.05, 4.69) is 53.4 Å². The van der Waals surface area contributed by atoms with Crippen molar-refractivity contribution in [3.05, 3.63) is 11.3 Å². The Kier molecular flexibility index (Phi) is 13.1. The molecular formula is C30H58FN7O2. The molecule has 4 atom stereocenters. The Morgan fingerprint density at radius 2 is 1.88 bits per heavy atom. The number of hydrogen-bond acceptors (Lipinski definition) is 8. The standard InChI is InChI=1S/C30H58FN7O2/c1-6-30(4,5)11-7-8-23(31)19-35-22(3)26(28(32)33)29(39)36-25-20-34-18-21(2)27(25)38-14-12-37(13-15-38)24-9-16-40-17-10-24/h22-26,28,34-35H,6-20,32-33H2,1-5H3,(H,36,39). The summed E-state index contributed by atoms with van der Waals surface area (Å²) in [5.74, 6) is -0.852. The fourth-order valence-corrected chi connectivity index (χ4v) is 6.40. The highest BCUT2D eigenvalue weighted by Gasteiger charge is 2.35. The molecule has 0 aromatic carbocycles. The summed E-state index contributed by atoms with van der Waals surface area (Å²) < 4.78 is 20.2. The lowest BCUT2D eigenvalue weighted by Crippen LogP contribution is -2.60. The van der Waals surface area contributed by atoms with Crippen LogP contribution < -0.4 is 27.4 Å². The van der Waals surface area contributed by atoms with Crippen molar-refractivity contribution in [3.8, 4) is 0 Å². The number of halogens is 1. The van der Waals surface area contributed by atoms with E-state index in [-0.39, 0.29) is 30.0 Å². The number of nitrogens with two attached hydrogens (primary N) is 2. The highest BCUT2D eigenvalue weighted by atomic mass is 19.1. The van der Waals surface area contributed by atoms with Crippen molar-refractivity contribution in [1.29, 1.82) is 0 Å². The third-order valence-electron chi connectivity index (χ3n) is 9.43. The predicted molar refractivity (Wildman–Crippen MR) is 160 cm³/mol. The molecule has 2 saturated heterocycles. The smallest absolute Gasteiger partial charge is 0.228 e. The fraction of sp³-hybridized carbons (Fsp3) is 0.900. The maximum atomic E-state index is 14.7. The normalized spacial score (nSPS) is 24.3. The summed E-state index contributed by atoms with van der Waals surface area (Å²) in [7, 11) is 0. The van der Waals surface area contributed by atoms with Crippen molar-refractivity contribution in [2.75, 3.05) is 59.0 Å². The van der Waals surface area contributed by atoms with E-state index in [1.165, 1.54) is 11.3 Å². The van der Waals surface area contributed by atoms with Gasteiger partial charge in [-0.3, -0.25) is 9.69 Å². The van der Waals surface area contributed by atoms with Crippen LogP contribution in [0.5, 0.6) is 0 Å². The minimum absolute atomic E-state index is 0.153. The summed E-state index contributed by atoms with van der Waals surface area (Å²) in [6.45, 7) is 18.0. The average Bonchev–Trinajstić information content (AvgIpc) is 2.92. The molecule has 3 heterocycles. The van der Waals surface area contributed by atoms with Gasteiger partial charge < -0.3 is 37.1 Å². The molecule has 0 aliphatic carbocycles. The Morgan fingerprint density at radius 3 is 2.50 bits per heavy atom. The minimum atomic E-state index is -0.965. The van der Waals surface area contributed by atoms with Crippen LogP contribution in [0.2, 0.25) is 0 Å². The Balaban J connectivity index is 1.54. The van der Waals surface area contributed by atoms with Crippen LogP contribution in [0.15, 0.2) is 11.3 Å². The van der Waals surface area contributed by atoms with Gasteiger partial charge in [-0.1, -0.05) is 27.2 Å². The molecule has 10 heteroatoms. The second kappa shape index (κ2) is 15.8. The number of rotatable bonds is 14. The van der Waals surface area contributed by atoms with E-state index < -0.39 is 18.3 Å². The molecule has 3 rings (SSSR count). The number of nitrogens with zero attached hydrogens (tertiary/aromatic N) is 2. The van der Waals surface area contributed by atoms with Crippen molar-refractivity contribution in [3.63, 3.8) is 0 Å². The van der Waals surface area contributed by atoms with E-state index >= 15 is 0 Å². The monoisotopic (exact) mass is 567 g/mol. The summed E-state index contributed by atoms with van der Waals surface area (Å²) in [5, 5.41) is 9.91. The molecule has 9 nitrogen and oxygen atoms in total. The van der Waals surface area contributed by atoms with Gasteiger partial charge in [0, 0.05) is 76.8 Å². The van der Waals surface area contributed by atoms with Gasteiger partial charge in [0.2, 0.25) is 5.91 Å². The molecule has 3 aliphatic heterocycles. The lowest BCUT2D eigenvalue weighted by Gasteiger charge is -2.45. The Morgan fingerprint density at radius 1 is 1.20 bits per heavy atom. The Labute approximate surface area is 242 Å². The SMILES string of the molecule is CCC(C)(C)CCCC(F)CNC(C)C(C(=O)NC1CNCC(C)=C1N1CCN(C2CCOCC2)CC1)C(N)N. The van der Waals surface area contributed by atoms with Crippen LogP contribution in [0.25, 0.3) is 0 Å². The van der Waals surface area contributed by atoms with Crippen molar-refractivity contribution < 1.29 is 13.9 Å². The molecule has 0 radical (unpaired) electrons. The van der Waals surface area contributed by atoms with E-state index in [0.29, 0.717) is 19.0 Å². The first-order valence-corrected chi connectivity index (χ1v) is 15.7. The molecule has 4 unspecified atom stereocenters. The van der Waals surface area contributed by atoms with Crippen molar-refractivity contribution >= 4 is 5.91 Å². The van der Waals surface area contributed by atoms with Gasteiger partial charge in [0.15, 0.2) is 0 Å². The first-order valence-electron chi connectivity index (χ1n) is 15.7. The van der Waals surface area contributed by atoms with Gasteiger partial charge in [-0.05, 0) is 56.9 Å². The largest absolute Gasteiger partial charge is 0.381 e. The van der Waals surface area contributed by atoms with Gasteiger partial charge in [-0.2, -0.15) is 0 Å². The Bertz CT molecular complexity index is 810. The van der Waals surface area contributed by atoms with Gasteiger partial charge >= 0.3 is 0 Å². The number of nitrogens with one attached hydrogen (secondary N) is 3. The van der Waals surface area contributed by atoms with Crippen LogP contribution in [-0.4, -0.2) is 105 Å². The molecule has 2 fully saturated rings. The summed E-state index contributed by atoms with van der Waals surface area (Å²) in [5.41, 5.74) is 14.9. The number of amides is 1. The van der Waals surface area contributed by atoms with Crippen LogP contribution >= 0.6 is 0 Å². The molecule has 1 amide bonds. The molecule has 0 aromatic rings. The van der Waals surface area contributed by atoms with E-state index in [1.54, 1.807) is 0 Å². The number of hydrogen-bond donors (Lipinski definition) is 5. The second-order valence-electron chi connectivity index (χ2n) is 13.0. The van der Waals surface area contributed by atoms with Gasteiger partial charge in [-0.25, -0.2) is 4.39 Å². The molecule has 232 valence electrons. The van der Waals surface area contributed by atoms with Crippen LogP contribution in [0.1, 0.15) is 73.1 Å². The van der Waals surface area contributed by atoms with Crippen LogP contribution in [0.4, 0.5) is 4.39 Å². The van der Waals surface area contributed by atoms with E-state index in [1.807, 2.05) is 6.92 Å². The van der Waals surface area contributed by atoms with Crippen molar-refractivity contribution in [2.45, 2.75) is 104 Å². The van der Waals surface area contributed by atoms with Crippen LogP contribution in [-0.2, 0) is 9.53 Å². The quantitative estimate of drug-likeness (QED) is 0.202. The van der Waals surface area contributed by atoms with E-state index in [4.69, 9.17) is 16.2 Å². The second-order valence-corrected chi connectivity index (χ2v) is 13.0. The van der Waals surface area contributed by atoms with Gasteiger partial charge in [0.25, 0.3) is 0 Å². The van der Waals surface area contributed by atoms with Gasteiger partial charge in [0.05, 0.1) is 18.1 Å². The van der Waals surface area contributed by atoms with Gasteiger partial charge in [-0.15, -0.1) is 0 Å². The maximum absolute atomic E-state index is 14.7. The summed E-state index contributed by atoms with van der Waals surface area (Å²) in [6, 6.07) is 0.112. The number of carbonyl (C=O) groups excluding carboxylic acids is 1. The zero-order chi connectivity index (χ0) is 29.3. The molecule has 40 heavy (non-hydrogen) atoms. The number of ether oxygens (including phenoxy) is 1. The topological polar surface area (TPSA) is 121 Å².